The zero-order chi connectivity index (χ0) is 14.0. The van der Waals surface area contributed by atoms with Gasteiger partial charge >= 0.3 is 0 Å². The van der Waals surface area contributed by atoms with Gasteiger partial charge in [-0.15, -0.1) is 0 Å². The van der Waals surface area contributed by atoms with Crippen LogP contribution < -0.4 is 5.32 Å². The minimum absolute atomic E-state index is 0.274. The van der Waals surface area contributed by atoms with Crippen LogP contribution in [0.3, 0.4) is 0 Å². The van der Waals surface area contributed by atoms with Crippen molar-refractivity contribution < 1.29 is 4.79 Å². The molecule has 0 saturated heterocycles. The maximum Gasteiger partial charge on any atom is 0.256 e. The Labute approximate surface area is 119 Å². The highest BCUT2D eigenvalue weighted by Gasteiger charge is 2.13. The Morgan fingerprint density at radius 2 is 2.21 bits per heavy atom. The molecular formula is C13H11BrN4O. The number of benzene rings is 1. The molecule has 0 atom stereocenters. The van der Waals surface area contributed by atoms with Gasteiger partial charge in [-0.05, 0) is 30.7 Å². The predicted molar refractivity (Wildman–Crippen MR) is 74.8 cm³/mol. The Morgan fingerprint density at radius 3 is 2.84 bits per heavy atom. The zero-order valence-corrected chi connectivity index (χ0v) is 12.0. The van der Waals surface area contributed by atoms with E-state index in [9.17, 15) is 4.79 Å². The normalized spacial score (nSPS) is 10.0. The molecule has 1 amide bonds. The minimum atomic E-state index is -0.274. The molecule has 0 radical (unpaired) electrons. The van der Waals surface area contributed by atoms with Gasteiger partial charge in [-0.1, -0.05) is 15.9 Å². The van der Waals surface area contributed by atoms with Gasteiger partial charge in [0.05, 0.1) is 6.20 Å². The molecule has 0 unspecified atom stereocenters. The van der Waals surface area contributed by atoms with E-state index in [0.717, 1.165) is 10.0 Å². The number of amides is 1. The summed E-state index contributed by atoms with van der Waals surface area (Å²) in [5, 5.41) is 15.6. The second-order valence-electron chi connectivity index (χ2n) is 4.11. The number of hydrogen-bond acceptors (Lipinski definition) is 3. The molecule has 0 saturated carbocycles. The van der Waals surface area contributed by atoms with Crippen LogP contribution in [0.1, 0.15) is 21.5 Å². The lowest BCUT2D eigenvalue weighted by Gasteiger charge is -2.07. The summed E-state index contributed by atoms with van der Waals surface area (Å²) in [5.74, 6) is 0.120. The number of carbonyl (C=O) groups is 1. The van der Waals surface area contributed by atoms with Crippen LogP contribution in [0.2, 0.25) is 0 Å². The van der Waals surface area contributed by atoms with E-state index in [4.69, 9.17) is 5.26 Å². The van der Waals surface area contributed by atoms with Gasteiger partial charge in [-0.2, -0.15) is 10.4 Å². The minimum Gasteiger partial charge on any atom is -0.306 e. The average molecular weight is 319 g/mol. The Kier molecular flexibility index (Phi) is 3.67. The number of carbonyl (C=O) groups excluding carboxylic acids is 1. The molecule has 0 aliphatic carbocycles. The van der Waals surface area contributed by atoms with Gasteiger partial charge in [0.25, 0.3) is 5.91 Å². The van der Waals surface area contributed by atoms with E-state index in [2.05, 4.69) is 26.3 Å². The van der Waals surface area contributed by atoms with Crippen molar-refractivity contribution >= 4 is 27.7 Å². The highest BCUT2D eigenvalue weighted by molar-refractivity contribution is 9.10. The van der Waals surface area contributed by atoms with Gasteiger partial charge in [0.2, 0.25) is 0 Å². The molecule has 1 heterocycles. The summed E-state index contributed by atoms with van der Waals surface area (Å²) in [6.07, 6.45) is 1.42. The lowest BCUT2D eigenvalue weighted by Crippen LogP contribution is -2.15. The van der Waals surface area contributed by atoms with E-state index >= 15 is 0 Å². The molecule has 19 heavy (non-hydrogen) atoms. The molecule has 0 bridgehead atoms. The second-order valence-corrected chi connectivity index (χ2v) is 5.03. The fourth-order valence-electron chi connectivity index (χ4n) is 1.71. The fraction of sp³-hybridized carbons (Fsp3) is 0.154. The summed E-state index contributed by atoms with van der Waals surface area (Å²) in [4.78, 5) is 12.2. The fourth-order valence-corrected chi connectivity index (χ4v) is 2.32. The molecule has 5 nitrogen and oxygen atoms in total. The first-order chi connectivity index (χ1) is 9.01. The summed E-state index contributed by atoms with van der Waals surface area (Å²) in [7, 11) is 1.67. The number of aromatic nitrogens is 2. The van der Waals surface area contributed by atoms with Gasteiger partial charge in [-0.25, -0.2) is 0 Å². The number of nitrogens with one attached hydrogen (secondary N) is 1. The van der Waals surface area contributed by atoms with Gasteiger partial charge in [0, 0.05) is 17.1 Å². The monoisotopic (exact) mass is 318 g/mol. The van der Waals surface area contributed by atoms with Crippen LogP contribution >= 0.6 is 15.9 Å². The van der Waals surface area contributed by atoms with Crippen LogP contribution in [0.25, 0.3) is 0 Å². The molecule has 2 rings (SSSR count). The van der Waals surface area contributed by atoms with E-state index in [1.54, 1.807) is 19.2 Å². The summed E-state index contributed by atoms with van der Waals surface area (Å²) in [6, 6.07) is 7.41. The number of halogens is 1. The van der Waals surface area contributed by atoms with Crippen molar-refractivity contribution in [1.82, 2.24) is 9.78 Å². The first-order valence-electron chi connectivity index (χ1n) is 5.52. The third-order valence-corrected chi connectivity index (χ3v) is 3.05. The maximum atomic E-state index is 12.2. The van der Waals surface area contributed by atoms with E-state index in [0.29, 0.717) is 16.9 Å². The standard InChI is InChI=1S/C13H11BrN4O/c1-8-3-9(5-11(14)4-8)13(19)17-12-10(6-15)7-16-18(12)2/h3-5,7H,1-2H3,(H,17,19). The smallest absolute Gasteiger partial charge is 0.256 e. The van der Waals surface area contributed by atoms with Crippen molar-refractivity contribution in [3.63, 3.8) is 0 Å². The summed E-state index contributed by atoms with van der Waals surface area (Å²) < 4.78 is 2.30. The summed E-state index contributed by atoms with van der Waals surface area (Å²) >= 11 is 3.35. The third-order valence-electron chi connectivity index (χ3n) is 2.60. The van der Waals surface area contributed by atoms with Gasteiger partial charge < -0.3 is 5.32 Å². The molecule has 6 heteroatoms. The first kappa shape index (κ1) is 13.3. The quantitative estimate of drug-likeness (QED) is 0.925. The lowest BCUT2D eigenvalue weighted by atomic mass is 10.1. The van der Waals surface area contributed by atoms with E-state index in [1.807, 2.05) is 19.1 Å². The van der Waals surface area contributed by atoms with Crippen molar-refractivity contribution in [2.75, 3.05) is 5.32 Å². The summed E-state index contributed by atoms with van der Waals surface area (Å²) in [5.41, 5.74) is 1.84. The van der Waals surface area contributed by atoms with Crippen molar-refractivity contribution in [2.45, 2.75) is 6.92 Å². The van der Waals surface area contributed by atoms with Gasteiger partial charge in [0.15, 0.2) is 0 Å². The average Bonchev–Trinajstić information content (AvgIpc) is 2.69. The van der Waals surface area contributed by atoms with Crippen LogP contribution in [-0.4, -0.2) is 15.7 Å². The number of aryl methyl sites for hydroxylation is 2. The first-order valence-corrected chi connectivity index (χ1v) is 6.31. The lowest BCUT2D eigenvalue weighted by molar-refractivity contribution is 0.102. The van der Waals surface area contributed by atoms with Crippen LogP contribution in [0, 0.1) is 18.3 Å². The summed E-state index contributed by atoms with van der Waals surface area (Å²) in [6.45, 7) is 1.91. The van der Waals surface area contributed by atoms with E-state index in [1.165, 1.54) is 10.9 Å². The SMILES string of the molecule is Cc1cc(Br)cc(C(=O)Nc2c(C#N)cnn2C)c1. The van der Waals surface area contributed by atoms with Crippen LogP contribution in [0.15, 0.2) is 28.9 Å². The number of anilines is 1. The maximum absolute atomic E-state index is 12.2. The molecule has 1 aromatic carbocycles. The topological polar surface area (TPSA) is 70.7 Å². The van der Waals surface area contributed by atoms with E-state index < -0.39 is 0 Å². The van der Waals surface area contributed by atoms with Crippen LogP contribution in [-0.2, 0) is 7.05 Å². The Morgan fingerprint density at radius 1 is 1.47 bits per heavy atom. The number of nitriles is 1. The highest BCUT2D eigenvalue weighted by atomic mass is 79.9. The van der Waals surface area contributed by atoms with Crippen LogP contribution in [0.5, 0.6) is 0 Å². The third kappa shape index (κ3) is 2.83. The highest BCUT2D eigenvalue weighted by Crippen LogP contribution is 2.18. The van der Waals surface area contributed by atoms with Crippen molar-refractivity contribution in [3.05, 3.63) is 45.6 Å². The molecule has 2 aromatic rings. The van der Waals surface area contributed by atoms with Crippen LogP contribution in [0.4, 0.5) is 5.82 Å². The van der Waals surface area contributed by atoms with Crippen molar-refractivity contribution in [3.8, 4) is 6.07 Å². The van der Waals surface area contributed by atoms with Crippen molar-refractivity contribution in [2.24, 2.45) is 7.05 Å². The molecule has 1 aromatic heterocycles. The Hall–Kier alpha value is -2.13. The molecule has 96 valence electrons. The molecule has 0 spiro atoms. The predicted octanol–water partition coefficient (Wildman–Crippen LogP) is 2.62. The molecule has 1 N–H and O–H groups in total. The molecular weight excluding hydrogens is 308 g/mol. The molecule has 0 fully saturated rings. The Bertz CT molecular complexity index is 664. The number of nitrogens with zero attached hydrogens (tertiary/aromatic N) is 3. The van der Waals surface area contributed by atoms with E-state index in [-0.39, 0.29) is 5.91 Å². The van der Waals surface area contributed by atoms with Crippen molar-refractivity contribution in [1.29, 1.82) is 5.26 Å². The van der Waals surface area contributed by atoms with Gasteiger partial charge in [-0.3, -0.25) is 9.48 Å². The number of rotatable bonds is 2. The largest absolute Gasteiger partial charge is 0.306 e. The molecule has 0 aliphatic heterocycles. The second kappa shape index (κ2) is 5.24. The zero-order valence-electron chi connectivity index (χ0n) is 10.4. The van der Waals surface area contributed by atoms with Gasteiger partial charge in [0.1, 0.15) is 17.5 Å². The number of hydrogen-bond donors (Lipinski definition) is 1. The Balaban J connectivity index is 2.31. The molecule has 0 aliphatic rings.